The molecule has 1 fully saturated rings. The highest BCUT2D eigenvalue weighted by molar-refractivity contribution is 5.98. The molecule has 0 bridgehead atoms. The lowest BCUT2D eigenvalue weighted by Crippen LogP contribution is -2.52. The van der Waals surface area contributed by atoms with Crippen molar-refractivity contribution in [3.63, 3.8) is 0 Å². The van der Waals surface area contributed by atoms with Gasteiger partial charge in [-0.3, -0.25) is 9.78 Å². The number of rotatable bonds is 4. The second kappa shape index (κ2) is 4.84. The Balaban J connectivity index is 2.22. The lowest BCUT2D eigenvalue weighted by Gasteiger charge is -2.42. The van der Waals surface area contributed by atoms with E-state index < -0.39 is 0 Å². The highest BCUT2D eigenvalue weighted by atomic mass is 16.2. The minimum absolute atomic E-state index is 0.167. The minimum Gasteiger partial charge on any atom is -0.329 e. The standard InChI is InChI=1S/C13H19N3O/c1-2-16(11-4-8-15-9-5-11)12(17)13(10-14)6-3-7-13/h4-5,8-9H,2-3,6-7,10,14H2,1H3. The normalized spacial score (nSPS) is 17.3. The summed E-state index contributed by atoms with van der Waals surface area (Å²) < 4.78 is 0. The Morgan fingerprint density at radius 2 is 2.12 bits per heavy atom. The highest BCUT2D eigenvalue weighted by Gasteiger charge is 2.45. The highest BCUT2D eigenvalue weighted by Crippen LogP contribution is 2.42. The van der Waals surface area contributed by atoms with Gasteiger partial charge in [-0.05, 0) is 31.9 Å². The molecule has 0 spiro atoms. The number of aromatic nitrogens is 1. The minimum atomic E-state index is -0.306. The molecule has 1 amide bonds. The largest absolute Gasteiger partial charge is 0.329 e. The maximum absolute atomic E-state index is 12.5. The summed E-state index contributed by atoms with van der Waals surface area (Å²) in [6.07, 6.45) is 6.37. The fourth-order valence-corrected chi connectivity index (χ4v) is 2.36. The number of nitrogens with two attached hydrogens (primary N) is 1. The van der Waals surface area contributed by atoms with Crippen LogP contribution in [0.25, 0.3) is 0 Å². The molecule has 1 aromatic heterocycles. The fourth-order valence-electron chi connectivity index (χ4n) is 2.36. The topological polar surface area (TPSA) is 59.2 Å². The van der Waals surface area contributed by atoms with Crippen molar-refractivity contribution >= 4 is 11.6 Å². The number of hydrogen-bond acceptors (Lipinski definition) is 3. The molecule has 0 radical (unpaired) electrons. The smallest absolute Gasteiger partial charge is 0.234 e. The van der Waals surface area contributed by atoms with Crippen molar-refractivity contribution in [3.05, 3.63) is 24.5 Å². The zero-order valence-electron chi connectivity index (χ0n) is 10.2. The van der Waals surface area contributed by atoms with Crippen LogP contribution in [0.3, 0.4) is 0 Å². The molecule has 1 aliphatic carbocycles. The van der Waals surface area contributed by atoms with E-state index in [9.17, 15) is 4.79 Å². The third-order valence-electron chi connectivity index (χ3n) is 3.69. The van der Waals surface area contributed by atoms with Crippen LogP contribution in [0.2, 0.25) is 0 Å². The molecule has 1 heterocycles. The molecule has 4 nitrogen and oxygen atoms in total. The maximum atomic E-state index is 12.5. The van der Waals surface area contributed by atoms with Crippen molar-refractivity contribution in [3.8, 4) is 0 Å². The van der Waals surface area contributed by atoms with E-state index in [0.29, 0.717) is 13.1 Å². The molecular weight excluding hydrogens is 214 g/mol. The molecule has 1 aliphatic rings. The van der Waals surface area contributed by atoms with Crippen LogP contribution in [0.4, 0.5) is 5.69 Å². The first kappa shape index (κ1) is 12.0. The van der Waals surface area contributed by atoms with Gasteiger partial charge in [-0.2, -0.15) is 0 Å². The second-order valence-corrected chi connectivity index (χ2v) is 4.59. The number of hydrogen-bond donors (Lipinski definition) is 1. The molecular formula is C13H19N3O. The van der Waals surface area contributed by atoms with E-state index in [4.69, 9.17) is 5.73 Å². The zero-order chi connectivity index (χ0) is 12.3. The summed E-state index contributed by atoms with van der Waals surface area (Å²) in [5, 5.41) is 0. The summed E-state index contributed by atoms with van der Waals surface area (Å²) >= 11 is 0. The number of pyridine rings is 1. The molecule has 2 N–H and O–H groups in total. The van der Waals surface area contributed by atoms with Crippen LogP contribution in [0, 0.1) is 5.41 Å². The predicted molar refractivity (Wildman–Crippen MR) is 67.6 cm³/mol. The van der Waals surface area contributed by atoms with Gasteiger partial charge in [-0.1, -0.05) is 6.42 Å². The number of anilines is 1. The first-order valence-electron chi connectivity index (χ1n) is 6.15. The number of carbonyl (C=O) groups excluding carboxylic acids is 1. The van der Waals surface area contributed by atoms with E-state index in [0.717, 1.165) is 24.9 Å². The van der Waals surface area contributed by atoms with Crippen molar-refractivity contribution in [2.24, 2.45) is 11.1 Å². The van der Waals surface area contributed by atoms with Crippen molar-refractivity contribution in [1.82, 2.24) is 4.98 Å². The van der Waals surface area contributed by atoms with E-state index in [1.165, 1.54) is 0 Å². The maximum Gasteiger partial charge on any atom is 0.234 e. The Bertz CT molecular complexity index is 381. The Morgan fingerprint density at radius 1 is 1.47 bits per heavy atom. The molecule has 4 heteroatoms. The molecule has 0 aliphatic heterocycles. The van der Waals surface area contributed by atoms with Crippen LogP contribution in [0.5, 0.6) is 0 Å². The van der Waals surface area contributed by atoms with Gasteiger partial charge in [0.05, 0.1) is 5.41 Å². The fraction of sp³-hybridized carbons (Fsp3) is 0.538. The van der Waals surface area contributed by atoms with Gasteiger partial charge in [0.2, 0.25) is 5.91 Å². The first-order chi connectivity index (χ1) is 8.23. The molecule has 17 heavy (non-hydrogen) atoms. The Labute approximate surface area is 102 Å². The van der Waals surface area contributed by atoms with Gasteiger partial charge in [0.25, 0.3) is 0 Å². The van der Waals surface area contributed by atoms with Gasteiger partial charge in [0, 0.05) is 31.2 Å². The first-order valence-corrected chi connectivity index (χ1v) is 6.15. The molecule has 1 aromatic rings. The average molecular weight is 233 g/mol. The number of amides is 1. The molecule has 0 unspecified atom stereocenters. The van der Waals surface area contributed by atoms with Crippen molar-refractivity contribution in [2.75, 3.05) is 18.0 Å². The van der Waals surface area contributed by atoms with Gasteiger partial charge in [0.1, 0.15) is 0 Å². The van der Waals surface area contributed by atoms with E-state index in [-0.39, 0.29) is 11.3 Å². The van der Waals surface area contributed by atoms with E-state index in [2.05, 4.69) is 4.98 Å². The number of carbonyl (C=O) groups is 1. The Kier molecular flexibility index (Phi) is 3.43. The van der Waals surface area contributed by atoms with Crippen LogP contribution >= 0.6 is 0 Å². The third kappa shape index (κ3) is 2.05. The predicted octanol–water partition coefficient (Wildman–Crippen LogP) is 1.56. The molecule has 0 saturated heterocycles. The summed E-state index contributed by atoms with van der Waals surface area (Å²) in [6, 6.07) is 3.73. The van der Waals surface area contributed by atoms with Gasteiger partial charge >= 0.3 is 0 Å². The molecule has 2 rings (SSSR count). The van der Waals surface area contributed by atoms with Crippen molar-refractivity contribution in [1.29, 1.82) is 0 Å². The second-order valence-electron chi connectivity index (χ2n) is 4.59. The Morgan fingerprint density at radius 3 is 2.53 bits per heavy atom. The van der Waals surface area contributed by atoms with Crippen LogP contribution in [-0.4, -0.2) is 24.0 Å². The van der Waals surface area contributed by atoms with Gasteiger partial charge in [-0.25, -0.2) is 0 Å². The lowest BCUT2D eigenvalue weighted by molar-refractivity contribution is -0.132. The Hall–Kier alpha value is -1.42. The SMILES string of the molecule is CCN(C(=O)C1(CN)CCC1)c1ccncc1. The lowest BCUT2D eigenvalue weighted by atomic mass is 9.67. The van der Waals surface area contributed by atoms with E-state index in [1.54, 1.807) is 12.4 Å². The van der Waals surface area contributed by atoms with E-state index in [1.807, 2.05) is 24.0 Å². The average Bonchev–Trinajstić information content (AvgIpc) is 2.31. The monoisotopic (exact) mass is 233 g/mol. The summed E-state index contributed by atoms with van der Waals surface area (Å²) in [7, 11) is 0. The third-order valence-corrected chi connectivity index (χ3v) is 3.69. The zero-order valence-corrected chi connectivity index (χ0v) is 10.2. The summed E-state index contributed by atoms with van der Waals surface area (Å²) in [6.45, 7) is 3.11. The van der Waals surface area contributed by atoms with Crippen LogP contribution in [0.1, 0.15) is 26.2 Å². The molecule has 0 aromatic carbocycles. The summed E-state index contributed by atoms with van der Waals surface area (Å²) in [5.74, 6) is 0.167. The molecule has 92 valence electrons. The quantitative estimate of drug-likeness (QED) is 0.858. The van der Waals surface area contributed by atoms with Crippen LogP contribution < -0.4 is 10.6 Å². The van der Waals surface area contributed by atoms with E-state index >= 15 is 0 Å². The summed E-state index contributed by atoms with van der Waals surface area (Å²) in [4.78, 5) is 18.3. The van der Waals surface area contributed by atoms with Crippen molar-refractivity contribution in [2.45, 2.75) is 26.2 Å². The molecule has 0 atom stereocenters. The van der Waals surface area contributed by atoms with Gasteiger partial charge in [0.15, 0.2) is 0 Å². The van der Waals surface area contributed by atoms with Crippen molar-refractivity contribution < 1.29 is 4.79 Å². The summed E-state index contributed by atoms with van der Waals surface area (Å²) in [5.41, 5.74) is 6.38. The number of nitrogens with zero attached hydrogens (tertiary/aromatic N) is 2. The van der Waals surface area contributed by atoms with Gasteiger partial charge in [-0.15, -0.1) is 0 Å². The van der Waals surface area contributed by atoms with Crippen LogP contribution in [0.15, 0.2) is 24.5 Å². The molecule has 1 saturated carbocycles. The van der Waals surface area contributed by atoms with Crippen LogP contribution in [-0.2, 0) is 4.79 Å². The van der Waals surface area contributed by atoms with Gasteiger partial charge < -0.3 is 10.6 Å².